The molecule has 0 bridgehead atoms. The predicted octanol–water partition coefficient (Wildman–Crippen LogP) is 3.42. The number of hydrogen-bond donors (Lipinski definition) is 1. The van der Waals surface area contributed by atoms with Crippen LogP contribution in [0.25, 0.3) is 0 Å². The summed E-state index contributed by atoms with van der Waals surface area (Å²) in [7, 11) is 3.16. The van der Waals surface area contributed by atoms with Crippen LogP contribution in [0.4, 0.5) is 11.4 Å². The van der Waals surface area contributed by atoms with Gasteiger partial charge < -0.3 is 14.8 Å². The van der Waals surface area contributed by atoms with Crippen molar-refractivity contribution in [3.05, 3.63) is 50.7 Å². The number of methoxy groups -OCH3 is 2. The van der Waals surface area contributed by atoms with E-state index in [1.54, 1.807) is 14.2 Å². The molecule has 0 atom stereocenters. The van der Waals surface area contributed by atoms with Crippen molar-refractivity contribution in [1.82, 2.24) is 4.98 Å². The van der Waals surface area contributed by atoms with E-state index in [1.807, 2.05) is 18.2 Å². The van der Waals surface area contributed by atoms with Gasteiger partial charge in [-0.2, -0.15) is 0 Å². The molecule has 1 aromatic heterocycles. The standard InChI is InChI=1S/C15H16BrN3O4/c1-22-13-4-3-10(7-14(13)23-2)5-6-18-15-11(16)8-17-9-12(15)19(20)21/h3-4,7-9H,5-6H2,1-2H3,(H,17,18). The van der Waals surface area contributed by atoms with E-state index in [9.17, 15) is 10.1 Å². The van der Waals surface area contributed by atoms with Crippen molar-refractivity contribution in [1.29, 1.82) is 0 Å². The summed E-state index contributed by atoms with van der Waals surface area (Å²) in [5.74, 6) is 1.32. The molecular weight excluding hydrogens is 366 g/mol. The second-order valence-electron chi connectivity index (χ2n) is 4.64. The molecule has 2 rings (SSSR count). The van der Waals surface area contributed by atoms with Crippen molar-refractivity contribution in [2.45, 2.75) is 6.42 Å². The number of pyridine rings is 1. The van der Waals surface area contributed by atoms with Gasteiger partial charge in [-0.25, -0.2) is 0 Å². The highest BCUT2D eigenvalue weighted by atomic mass is 79.9. The van der Waals surface area contributed by atoms with Gasteiger partial charge in [0.15, 0.2) is 11.5 Å². The van der Waals surface area contributed by atoms with Crippen molar-refractivity contribution in [3.8, 4) is 11.5 Å². The number of hydrogen-bond acceptors (Lipinski definition) is 6. The summed E-state index contributed by atoms with van der Waals surface area (Å²) in [6.07, 6.45) is 3.42. The first-order valence-electron chi connectivity index (χ1n) is 6.79. The minimum Gasteiger partial charge on any atom is -0.493 e. The molecule has 1 N–H and O–H groups in total. The van der Waals surface area contributed by atoms with Crippen LogP contribution in [0, 0.1) is 10.1 Å². The molecule has 2 aromatic rings. The lowest BCUT2D eigenvalue weighted by atomic mass is 10.1. The molecule has 0 aliphatic rings. The molecule has 122 valence electrons. The molecular formula is C15H16BrN3O4. The van der Waals surface area contributed by atoms with Crippen LogP contribution < -0.4 is 14.8 Å². The Hall–Kier alpha value is -2.35. The van der Waals surface area contributed by atoms with E-state index in [4.69, 9.17) is 9.47 Å². The largest absolute Gasteiger partial charge is 0.493 e. The SMILES string of the molecule is COc1ccc(CCNc2c(Br)cncc2[N+](=O)[O-])cc1OC. The van der Waals surface area contributed by atoms with Gasteiger partial charge in [0.05, 0.1) is 23.6 Å². The average molecular weight is 382 g/mol. The number of benzene rings is 1. The summed E-state index contributed by atoms with van der Waals surface area (Å²) in [5, 5.41) is 14.1. The van der Waals surface area contributed by atoms with E-state index in [2.05, 4.69) is 26.2 Å². The molecule has 0 aliphatic heterocycles. The Bertz CT molecular complexity index is 709. The summed E-state index contributed by atoms with van der Waals surface area (Å²) in [6, 6.07) is 5.65. The number of anilines is 1. The third kappa shape index (κ3) is 4.10. The molecule has 7 nitrogen and oxygen atoms in total. The summed E-state index contributed by atoms with van der Waals surface area (Å²) in [4.78, 5) is 14.4. The normalized spacial score (nSPS) is 10.2. The average Bonchev–Trinajstić information content (AvgIpc) is 2.55. The summed E-state index contributed by atoms with van der Waals surface area (Å²) < 4.78 is 11.0. The first-order valence-corrected chi connectivity index (χ1v) is 7.58. The van der Waals surface area contributed by atoms with Gasteiger partial charge >= 0.3 is 5.69 Å². The highest BCUT2D eigenvalue weighted by molar-refractivity contribution is 9.10. The fourth-order valence-corrected chi connectivity index (χ4v) is 2.57. The number of ether oxygens (including phenoxy) is 2. The summed E-state index contributed by atoms with van der Waals surface area (Å²) in [5.41, 5.74) is 1.39. The third-order valence-corrected chi connectivity index (χ3v) is 3.84. The number of halogens is 1. The van der Waals surface area contributed by atoms with Crippen molar-refractivity contribution >= 4 is 27.3 Å². The fraction of sp³-hybridized carbons (Fsp3) is 0.267. The van der Waals surface area contributed by atoms with Crippen LogP contribution in [0.2, 0.25) is 0 Å². The Labute approximate surface area is 141 Å². The lowest BCUT2D eigenvalue weighted by Crippen LogP contribution is -2.08. The minimum atomic E-state index is -0.462. The Morgan fingerprint density at radius 3 is 2.65 bits per heavy atom. The van der Waals surface area contributed by atoms with Crippen LogP contribution >= 0.6 is 15.9 Å². The lowest BCUT2D eigenvalue weighted by Gasteiger charge is -2.11. The second-order valence-corrected chi connectivity index (χ2v) is 5.49. The van der Waals surface area contributed by atoms with Crippen molar-refractivity contribution in [3.63, 3.8) is 0 Å². The van der Waals surface area contributed by atoms with Crippen LogP contribution in [0.5, 0.6) is 11.5 Å². The van der Waals surface area contributed by atoms with E-state index in [1.165, 1.54) is 12.4 Å². The van der Waals surface area contributed by atoms with Gasteiger partial charge in [-0.1, -0.05) is 6.07 Å². The first-order chi connectivity index (χ1) is 11.1. The van der Waals surface area contributed by atoms with Crippen LogP contribution in [0.1, 0.15) is 5.56 Å². The van der Waals surface area contributed by atoms with Gasteiger partial charge in [-0.05, 0) is 40.0 Å². The van der Waals surface area contributed by atoms with Crippen LogP contribution in [-0.2, 0) is 6.42 Å². The Morgan fingerprint density at radius 1 is 1.26 bits per heavy atom. The zero-order valence-electron chi connectivity index (χ0n) is 12.7. The Kier molecular flexibility index (Phi) is 5.75. The highest BCUT2D eigenvalue weighted by Crippen LogP contribution is 2.31. The van der Waals surface area contributed by atoms with Gasteiger partial charge in [0.1, 0.15) is 11.9 Å². The molecule has 1 aromatic carbocycles. The second kappa shape index (κ2) is 7.77. The molecule has 0 unspecified atom stereocenters. The summed E-state index contributed by atoms with van der Waals surface area (Å²) in [6.45, 7) is 0.527. The van der Waals surface area contributed by atoms with E-state index >= 15 is 0 Å². The molecule has 1 heterocycles. The Morgan fingerprint density at radius 2 is 2.00 bits per heavy atom. The van der Waals surface area contributed by atoms with Crippen LogP contribution in [0.3, 0.4) is 0 Å². The molecule has 23 heavy (non-hydrogen) atoms. The van der Waals surface area contributed by atoms with Gasteiger partial charge in [0, 0.05) is 12.7 Å². The smallest absolute Gasteiger partial charge is 0.311 e. The van der Waals surface area contributed by atoms with Gasteiger partial charge in [-0.3, -0.25) is 15.1 Å². The molecule has 0 aliphatic carbocycles. The molecule has 0 amide bonds. The number of nitro groups is 1. The van der Waals surface area contributed by atoms with E-state index in [-0.39, 0.29) is 5.69 Å². The monoisotopic (exact) mass is 381 g/mol. The van der Waals surface area contributed by atoms with Gasteiger partial charge in [0.2, 0.25) is 0 Å². The number of nitrogens with zero attached hydrogens (tertiary/aromatic N) is 2. The maximum absolute atomic E-state index is 11.0. The van der Waals surface area contributed by atoms with Gasteiger partial charge in [0.25, 0.3) is 0 Å². The third-order valence-electron chi connectivity index (χ3n) is 3.24. The number of nitrogens with one attached hydrogen (secondary N) is 1. The first kappa shape index (κ1) is 17.0. The topological polar surface area (TPSA) is 86.5 Å². The van der Waals surface area contributed by atoms with Crippen molar-refractivity contribution < 1.29 is 14.4 Å². The maximum atomic E-state index is 11.0. The molecule has 0 saturated carbocycles. The quantitative estimate of drug-likeness (QED) is 0.583. The maximum Gasteiger partial charge on any atom is 0.311 e. The lowest BCUT2D eigenvalue weighted by molar-refractivity contribution is -0.384. The van der Waals surface area contributed by atoms with E-state index in [0.717, 1.165) is 5.56 Å². The molecule has 0 saturated heterocycles. The van der Waals surface area contributed by atoms with E-state index in [0.29, 0.717) is 34.6 Å². The molecule has 0 radical (unpaired) electrons. The van der Waals surface area contributed by atoms with Crippen molar-refractivity contribution in [2.75, 3.05) is 26.1 Å². The number of rotatable bonds is 7. The minimum absolute atomic E-state index is 0.0633. The number of aromatic nitrogens is 1. The van der Waals surface area contributed by atoms with Crippen LogP contribution in [-0.4, -0.2) is 30.7 Å². The predicted molar refractivity (Wildman–Crippen MR) is 90.3 cm³/mol. The zero-order chi connectivity index (χ0) is 16.8. The highest BCUT2D eigenvalue weighted by Gasteiger charge is 2.16. The fourth-order valence-electron chi connectivity index (χ4n) is 2.11. The van der Waals surface area contributed by atoms with Gasteiger partial charge in [-0.15, -0.1) is 0 Å². The summed E-state index contributed by atoms with van der Waals surface area (Å²) >= 11 is 3.28. The Balaban J connectivity index is 2.07. The zero-order valence-corrected chi connectivity index (χ0v) is 14.3. The molecule has 8 heteroatoms. The van der Waals surface area contributed by atoms with E-state index < -0.39 is 4.92 Å². The molecule has 0 spiro atoms. The molecule has 0 fully saturated rings. The van der Waals surface area contributed by atoms with Crippen LogP contribution in [0.15, 0.2) is 35.1 Å². The van der Waals surface area contributed by atoms with Crippen molar-refractivity contribution in [2.24, 2.45) is 0 Å².